The van der Waals surface area contributed by atoms with Gasteiger partial charge in [-0.3, -0.25) is 4.79 Å². The second-order valence-corrected chi connectivity index (χ2v) is 1.60. The van der Waals surface area contributed by atoms with E-state index in [0.29, 0.717) is 0 Å². The predicted molar refractivity (Wildman–Crippen MR) is 26.9 cm³/mol. The number of aliphatic carboxylic acids is 2. The van der Waals surface area contributed by atoms with E-state index in [4.69, 9.17) is 5.11 Å². The molecule has 5 nitrogen and oxygen atoms in total. The second-order valence-electron chi connectivity index (χ2n) is 1.60. The average molecular weight is 145 g/mol. The van der Waals surface area contributed by atoms with Crippen molar-refractivity contribution in [1.82, 2.24) is 0 Å². The Labute approximate surface area is 56.3 Å². The molecule has 0 aliphatic rings. The van der Waals surface area contributed by atoms with Crippen LogP contribution in [0, 0.1) is 0 Å². The van der Waals surface area contributed by atoms with Crippen molar-refractivity contribution < 1.29 is 24.6 Å². The van der Waals surface area contributed by atoms with E-state index in [0.717, 1.165) is 0 Å². The number of carboxylic acid groups (broad SMARTS) is 2. The van der Waals surface area contributed by atoms with Gasteiger partial charge in [-0.1, -0.05) is 0 Å². The predicted octanol–water partition coefficient (Wildman–Crippen LogP) is -1.83. The molecular formula is C5H5O5-. The zero-order chi connectivity index (χ0) is 8.15. The highest BCUT2D eigenvalue weighted by Crippen LogP contribution is 1.88. The maximum Gasteiger partial charge on any atom is 0.372 e. The Balaban J connectivity index is 3.60. The maximum atomic E-state index is 10.2. The Morgan fingerprint density at radius 1 is 1.20 bits per heavy atom. The molecular weight excluding hydrogens is 140 g/mol. The molecule has 5 heteroatoms. The van der Waals surface area contributed by atoms with Crippen LogP contribution in [0.15, 0.2) is 0 Å². The number of ketones is 1. The van der Waals surface area contributed by atoms with Gasteiger partial charge in [-0.15, -0.1) is 0 Å². The number of rotatable bonds is 4. The summed E-state index contributed by atoms with van der Waals surface area (Å²) in [6.45, 7) is 0. The lowest BCUT2D eigenvalue weighted by molar-refractivity contribution is -0.305. The smallest absolute Gasteiger partial charge is 0.372 e. The summed E-state index contributed by atoms with van der Waals surface area (Å²) >= 11 is 0. The third-order valence-corrected chi connectivity index (χ3v) is 0.795. The van der Waals surface area contributed by atoms with Crippen LogP contribution in [0.4, 0.5) is 0 Å². The standard InChI is InChI=1S/C5H6O5/c6-3(5(9)10)1-2-4(7)8/h1-2H2,(H,7,8)(H,9,10)/p-1. The van der Waals surface area contributed by atoms with Gasteiger partial charge in [-0.2, -0.15) is 0 Å². The van der Waals surface area contributed by atoms with Crippen molar-refractivity contribution in [2.24, 2.45) is 0 Å². The van der Waals surface area contributed by atoms with Crippen molar-refractivity contribution in [3.8, 4) is 0 Å². The quantitative estimate of drug-likeness (QED) is 0.469. The van der Waals surface area contributed by atoms with Crippen LogP contribution >= 0.6 is 0 Å². The SMILES string of the molecule is O=C([O-])CCC(=O)C(=O)O. The van der Waals surface area contributed by atoms with Crippen molar-refractivity contribution in [3.05, 3.63) is 0 Å². The lowest BCUT2D eigenvalue weighted by Crippen LogP contribution is -2.24. The molecule has 0 bridgehead atoms. The molecule has 0 radical (unpaired) electrons. The third-order valence-electron chi connectivity index (χ3n) is 0.795. The van der Waals surface area contributed by atoms with Gasteiger partial charge in [0.15, 0.2) is 0 Å². The van der Waals surface area contributed by atoms with Crippen molar-refractivity contribution in [3.63, 3.8) is 0 Å². The first-order valence-corrected chi connectivity index (χ1v) is 2.50. The van der Waals surface area contributed by atoms with Crippen molar-refractivity contribution in [2.45, 2.75) is 12.8 Å². The van der Waals surface area contributed by atoms with Gasteiger partial charge in [0.1, 0.15) is 0 Å². The number of carbonyl (C=O) groups is 3. The number of hydrogen-bond acceptors (Lipinski definition) is 4. The summed E-state index contributed by atoms with van der Waals surface area (Å²) in [5.74, 6) is -4.14. The Morgan fingerprint density at radius 3 is 2.00 bits per heavy atom. The van der Waals surface area contributed by atoms with Gasteiger partial charge in [0.2, 0.25) is 5.78 Å². The lowest BCUT2D eigenvalue weighted by Gasteiger charge is -1.96. The maximum absolute atomic E-state index is 10.2. The Kier molecular flexibility index (Phi) is 3.10. The minimum atomic E-state index is -1.61. The summed E-state index contributed by atoms with van der Waals surface area (Å²) in [7, 11) is 0. The van der Waals surface area contributed by atoms with Crippen LogP contribution in [-0.4, -0.2) is 22.8 Å². The minimum Gasteiger partial charge on any atom is -0.550 e. The van der Waals surface area contributed by atoms with Crippen LogP contribution in [0.2, 0.25) is 0 Å². The molecule has 0 amide bonds. The van der Waals surface area contributed by atoms with Crippen LogP contribution < -0.4 is 5.11 Å². The summed E-state index contributed by atoms with van der Waals surface area (Å²) in [5.41, 5.74) is 0. The molecule has 0 spiro atoms. The first kappa shape index (κ1) is 8.61. The van der Waals surface area contributed by atoms with Gasteiger partial charge >= 0.3 is 5.97 Å². The highest BCUT2D eigenvalue weighted by molar-refractivity contribution is 6.32. The fourth-order valence-electron chi connectivity index (χ4n) is 0.323. The monoisotopic (exact) mass is 145 g/mol. The minimum absolute atomic E-state index is 0.502. The van der Waals surface area contributed by atoms with Gasteiger partial charge in [-0.05, 0) is 6.42 Å². The molecule has 0 aromatic heterocycles. The van der Waals surface area contributed by atoms with Crippen molar-refractivity contribution in [1.29, 1.82) is 0 Å². The molecule has 0 saturated heterocycles. The molecule has 0 rings (SSSR count). The molecule has 1 N–H and O–H groups in total. The Hall–Kier alpha value is -1.39. The number of Topliss-reactive ketones (excluding diaryl/α,β-unsaturated/α-hetero) is 1. The normalized spacial score (nSPS) is 8.80. The van der Waals surface area contributed by atoms with E-state index in [1.54, 1.807) is 0 Å². The highest BCUT2D eigenvalue weighted by Gasteiger charge is 2.09. The average Bonchev–Trinajstić information content (AvgIpc) is 1.82. The van der Waals surface area contributed by atoms with E-state index in [-0.39, 0.29) is 0 Å². The molecule has 0 aromatic carbocycles. The van der Waals surface area contributed by atoms with Gasteiger partial charge in [0.25, 0.3) is 0 Å². The first-order chi connectivity index (χ1) is 4.54. The summed E-state index contributed by atoms with van der Waals surface area (Å²) in [6, 6.07) is 0. The number of carbonyl (C=O) groups excluding carboxylic acids is 2. The molecule has 0 saturated carbocycles. The van der Waals surface area contributed by atoms with E-state index in [9.17, 15) is 19.5 Å². The zero-order valence-electron chi connectivity index (χ0n) is 4.99. The number of carboxylic acids is 2. The lowest BCUT2D eigenvalue weighted by atomic mass is 10.2. The number of hydrogen-bond donors (Lipinski definition) is 1. The largest absolute Gasteiger partial charge is 0.550 e. The first-order valence-electron chi connectivity index (χ1n) is 2.50. The molecule has 56 valence electrons. The Morgan fingerprint density at radius 2 is 1.70 bits per heavy atom. The summed E-state index contributed by atoms with van der Waals surface area (Å²) < 4.78 is 0. The van der Waals surface area contributed by atoms with E-state index in [1.165, 1.54) is 0 Å². The zero-order valence-corrected chi connectivity index (χ0v) is 4.99. The summed E-state index contributed by atoms with van der Waals surface area (Å²) in [5, 5.41) is 17.6. The molecule has 0 fully saturated rings. The topological polar surface area (TPSA) is 94.5 Å². The molecule has 0 atom stereocenters. The third kappa shape index (κ3) is 3.59. The molecule has 0 aromatic rings. The van der Waals surface area contributed by atoms with E-state index in [2.05, 4.69) is 0 Å². The Bertz CT molecular complexity index is 171. The van der Waals surface area contributed by atoms with E-state index in [1.807, 2.05) is 0 Å². The second kappa shape index (κ2) is 3.60. The highest BCUT2D eigenvalue weighted by atomic mass is 16.4. The van der Waals surface area contributed by atoms with Crippen molar-refractivity contribution >= 4 is 17.7 Å². The van der Waals surface area contributed by atoms with Crippen LogP contribution in [0.3, 0.4) is 0 Å². The van der Waals surface area contributed by atoms with Crippen molar-refractivity contribution in [2.75, 3.05) is 0 Å². The fourth-order valence-corrected chi connectivity index (χ4v) is 0.323. The molecule has 0 aliphatic carbocycles. The van der Waals surface area contributed by atoms with Crippen LogP contribution in [0.1, 0.15) is 12.8 Å². The van der Waals surface area contributed by atoms with Gasteiger partial charge in [-0.25, -0.2) is 4.79 Å². The van der Waals surface area contributed by atoms with E-state index < -0.39 is 30.6 Å². The molecule has 0 aliphatic heterocycles. The van der Waals surface area contributed by atoms with Gasteiger partial charge < -0.3 is 15.0 Å². The van der Waals surface area contributed by atoms with Gasteiger partial charge in [0, 0.05) is 12.4 Å². The summed E-state index contributed by atoms with van der Waals surface area (Å²) in [6.07, 6.45) is -1.04. The summed E-state index contributed by atoms with van der Waals surface area (Å²) in [4.78, 5) is 29.6. The van der Waals surface area contributed by atoms with E-state index >= 15 is 0 Å². The van der Waals surface area contributed by atoms with Crippen LogP contribution in [0.5, 0.6) is 0 Å². The fraction of sp³-hybridized carbons (Fsp3) is 0.400. The van der Waals surface area contributed by atoms with Gasteiger partial charge in [0.05, 0.1) is 0 Å². The van der Waals surface area contributed by atoms with Crippen LogP contribution in [0.25, 0.3) is 0 Å². The molecule has 0 heterocycles. The molecule has 10 heavy (non-hydrogen) atoms. The molecule has 0 unspecified atom stereocenters. The van der Waals surface area contributed by atoms with Crippen LogP contribution in [-0.2, 0) is 14.4 Å².